The van der Waals surface area contributed by atoms with Gasteiger partial charge in [-0.1, -0.05) is 24.3 Å². The SMILES string of the molecule is CCOc1cc(C(C(=O)NCc2cccc(NC(=O)O)c2)N(N)c2ccc3cnccc3c2)ccc1OC(C)C.O=C(O)C(F)(F)F. The van der Waals surface area contributed by atoms with Crippen LogP contribution in [0.4, 0.5) is 29.3 Å². The molecular weight excluding hydrogens is 623 g/mol. The quantitative estimate of drug-likeness (QED) is 0.0967. The standard InChI is InChI=1S/C30H33N5O5.C2HF3O2/c1-4-39-27-16-22(9-11-26(27)40-19(2)3)28(35(31)25-10-8-23-18-32-13-12-21(23)15-25)29(36)33-17-20-6-5-7-24(14-20)34-30(37)38;3-2(4,5)1(6)7/h5-16,18-19,28,34H,4,17,31H2,1-3H3,(H,33,36)(H,37,38);(H,6,7). The molecule has 0 fully saturated rings. The highest BCUT2D eigenvalue weighted by atomic mass is 19.4. The molecule has 1 atom stereocenters. The Balaban J connectivity index is 0.000000771. The van der Waals surface area contributed by atoms with Gasteiger partial charge in [-0.25, -0.2) is 15.4 Å². The van der Waals surface area contributed by atoms with Gasteiger partial charge < -0.3 is 25.0 Å². The van der Waals surface area contributed by atoms with Crippen molar-refractivity contribution in [2.75, 3.05) is 16.9 Å². The van der Waals surface area contributed by atoms with Gasteiger partial charge in [0.1, 0.15) is 6.04 Å². The number of hydrogen-bond donors (Lipinski definition) is 5. The highest BCUT2D eigenvalue weighted by molar-refractivity contribution is 5.89. The normalized spacial score (nSPS) is 11.6. The Bertz CT molecular complexity index is 1700. The number of alkyl halides is 3. The molecule has 1 aromatic heterocycles. The highest BCUT2D eigenvalue weighted by Gasteiger charge is 2.38. The Hall–Kier alpha value is -5.57. The summed E-state index contributed by atoms with van der Waals surface area (Å²) in [6.45, 7) is 6.31. The van der Waals surface area contributed by atoms with Gasteiger partial charge in [0.2, 0.25) is 5.91 Å². The summed E-state index contributed by atoms with van der Waals surface area (Å²) in [6, 6.07) is 18.7. The predicted octanol–water partition coefficient (Wildman–Crippen LogP) is 5.88. The van der Waals surface area contributed by atoms with Gasteiger partial charge in [-0.05, 0) is 79.7 Å². The molecule has 4 aromatic rings. The first-order valence-electron chi connectivity index (χ1n) is 14.2. The van der Waals surface area contributed by atoms with E-state index in [0.29, 0.717) is 35.0 Å². The second-order valence-corrected chi connectivity index (χ2v) is 10.2. The summed E-state index contributed by atoms with van der Waals surface area (Å²) < 4.78 is 43.5. The molecule has 0 bridgehead atoms. The maximum atomic E-state index is 13.8. The number of nitrogens with one attached hydrogen (secondary N) is 2. The molecule has 0 saturated carbocycles. The number of aromatic nitrogens is 1. The molecule has 2 amide bonds. The fourth-order valence-corrected chi connectivity index (χ4v) is 4.30. The average Bonchev–Trinajstić information content (AvgIpc) is 3.00. The van der Waals surface area contributed by atoms with Gasteiger partial charge >= 0.3 is 18.2 Å². The monoisotopic (exact) mass is 657 g/mol. The fourth-order valence-electron chi connectivity index (χ4n) is 4.30. The molecule has 0 aliphatic carbocycles. The Kier molecular flexibility index (Phi) is 12.3. The number of nitrogens with zero attached hydrogens (tertiary/aromatic N) is 2. The number of hydrogen-bond acceptors (Lipinski definition) is 8. The molecule has 12 nitrogen and oxygen atoms in total. The maximum absolute atomic E-state index is 13.8. The first kappa shape index (κ1) is 35.9. The number of halogens is 3. The molecule has 4 rings (SSSR count). The third-order valence-electron chi connectivity index (χ3n) is 6.28. The second kappa shape index (κ2) is 16.1. The molecule has 1 heterocycles. The zero-order chi connectivity index (χ0) is 34.7. The van der Waals surface area contributed by atoms with E-state index in [2.05, 4.69) is 15.6 Å². The van der Waals surface area contributed by atoms with Crippen LogP contribution in [0.5, 0.6) is 11.5 Å². The van der Waals surface area contributed by atoms with E-state index in [0.717, 1.165) is 16.3 Å². The molecule has 6 N–H and O–H groups in total. The van der Waals surface area contributed by atoms with Crippen LogP contribution in [0, 0.1) is 0 Å². The lowest BCUT2D eigenvalue weighted by Crippen LogP contribution is -2.44. The summed E-state index contributed by atoms with van der Waals surface area (Å²) in [5, 5.41) is 24.7. The number of pyridine rings is 1. The van der Waals surface area contributed by atoms with Crippen molar-refractivity contribution in [1.29, 1.82) is 0 Å². The summed E-state index contributed by atoms with van der Waals surface area (Å²) in [4.78, 5) is 37.8. The van der Waals surface area contributed by atoms with E-state index in [4.69, 9.17) is 30.3 Å². The summed E-state index contributed by atoms with van der Waals surface area (Å²) >= 11 is 0. The third-order valence-corrected chi connectivity index (χ3v) is 6.28. The zero-order valence-electron chi connectivity index (χ0n) is 25.6. The molecular formula is C32H34F3N5O7. The number of anilines is 2. The van der Waals surface area contributed by atoms with Crippen LogP contribution in [-0.2, 0) is 16.1 Å². The molecule has 0 aliphatic rings. The van der Waals surface area contributed by atoms with Crippen LogP contribution in [0.15, 0.2) is 79.1 Å². The van der Waals surface area contributed by atoms with Crippen molar-refractivity contribution in [3.05, 3.63) is 90.3 Å². The van der Waals surface area contributed by atoms with Crippen molar-refractivity contribution in [1.82, 2.24) is 10.3 Å². The average molecular weight is 658 g/mol. The number of hydrazine groups is 1. The van der Waals surface area contributed by atoms with Crippen molar-refractivity contribution >= 4 is 40.1 Å². The summed E-state index contributed by atoms with van der Waals surface area (Å²) in [6.07, 6.45) is -2.85. The number of ether oxygens (including phenoxy) is 2. The van der Waals surface area contributed by atoms with Crippen LogP contribution >= 0.6 is 0 Å². The topological polar surface area (TPSA) is 176 Å². The molecule has 15 heteroatoms. The minimum absolute atomic E-state index is 0.0615. The van der Waals surface area contributed by atoms with E-state index in [1.165, 1.54) is 5.01 Å². The first-order valence-corrected chi connectivity index (χ1v) is 14.2. The number of carbonyl (C=O) groups excluding carboxylic acids is 1. The van der Waals surface area contributed by atoms with E-state index >= 15 is 0 Å². The molecule has 1 unspecified atom stereocenters. The lowest BCUT2D eigenvalue weighted by atomic mass is 10.0. The number of rotatable bonds is 11. The van der Waals surface area contributed by atoms with Gasteiger partial charge in [-0.15, -0.1) is 0 Å². The molecule has 3 aromatic carbocycles. The third kappa shape index (κ3) is 10.5. The number of carbonyl (C=O) groups is 3. The molecule has 0 radical (unpaired) electrons. The highest BCUT2D eigenvalue weighted by Crippen LogP contribution is 2.35. The Morgan fingerprint density at radius 1 is 0.979 bits per heavy atom. The van der Waals surface area contributed by atoms with Gasteiger partial charge in [-0.2, -0.15) is 13.2 Å². The van der Waals surface area contributed by atoms with Crippen molar-refractivity contribution in [2.24, 2.45) is 5.84 Å². The molecule has 0 aliphatic heterocycles. The van der Waals surface area contributed by atoms with Crippen molar-refractivity contribution in [3.63, 3.8) is 0 Å². The van der Waals surface area contributed by atoms with Crippen LogP contribution in [0.3, 0.4) is 0 Å². The lowest BCUT2D eigenvalue weighted by Gasteiger charge is -2.29. The number of aliphatic carboxylic acids is 1. The molecule has 47 heavy (non-hydrogen) atoms. The summed E-state index contributed by atoms with van der Waals surface area (Å²) in [5.41, 5.74) is 2.36. The van der Waals surface area contributed by atoms with Crippen LogP contribution < -0.4 is 31.0 Å². The largest absolute Gasteiger partial charge is 0.490 e. The van der Waals surface area contributed by atoms with E-state index in [1.54, 1.807) is 54.9 Å². The smallest absolute Gasteiger partial charge is 0.490 e. The van der Waals surface area contributed by atoms with Gasteiger partial charge in [0, 0.05) is 30.0 Å². The minimum atomic E-state index is -5.08. The van der Waals surface area contributed by atoms with Gasteiger partial charge in [0.25, 0.3) is 0 Å². The van der Waals surface area contributed by atoms with Crippen LogP contribution in [0.25, 0.3) is 10.8 Å². The number of carboxylic acids is 1. The van der Waals surface area contributed by atoms with Crippen LogP contribution in [-0.4, -0.2) is 52.1 Å². The number of benzene rings is 3. The van der Waals surface area contributed by atoms with E-state index in [9.17, 15) is 22.8 Å². The van der Waals surface area contributed by atoms with Gasteiger partial charge in [0.05, 0.1) is 18.4 Å². The molecule has 250 valence electrons. The van der Waals surface area contributed by atoms with Crippen LogP contribution in [0.2, 0.25) is 0 Å². The number of amides is 2. The summed E-state index contributed by atoms with van der Waals surface area (Å²) in [7, 11) is 0. The van der Waals surface area contributed by atoms with Crippen molar-refractivity contribution < 1.29 is 47.2 Å². The van der Waals surface area contributed by atoms with Gasteiger partial charge in [-0.3, -0.25) is 20.1 Å². The number of fused-ring (bicyclic) bond motifs is 1. The Labute approximate surface area is 267 Å². The number of nitrogens with two attached hydrogens (primary N) is 1. The Morgan fingerprint density at radius 3 is 2.34 bits per heavy atom. The molecule has 0 saturated heterocycles. The second-order valence-electron chi connectivity index (χ2n) is 10.2. The van der Waals surface area contributed by atoms with E-state index in [-0.39, 0.29) is 18.6 Å². The maximum Gasteiger partial charge on any atom is 0.490 e. The van der Waals surface area contributed by atoms with Gasteiger partial charge in [0.15, 0.2) is 11.5 Å². The minimum Gasteiger partial charge on any atom is -0.490 e. The Morgan fingerprint density at radius 2 is 1.70 bits per heavy atom. The summed E-state index contributed by atoms with van der Waals surface area (Å²) in [5.74, 6) is 4.64. The zero-order valence-corrected chi connectivity index (χ0v) is 25.6. The van der Waals surface area contributed by atoms with E-state index in [1.807, 2.05) is 45.0 Å². The fraction of sp³-hybridized carbons (Fsp3) is 0.250. The molecule has 0 spiro atoms. The van der Waals surface area contributed by atoms with Crippen molar-refractivity contribution in [2.45, 2.75) is 45.6 Å². The van der Waals surface area contributed by atoms with Crippen LogP contribution in [0.1, 0.15) is 37.9 Å². The number of carboxylic acid groups (broad SMARTS) is 2. The predicted molar refractivity (Wildman–Crippen MR) is 168 cm³/mol. The van der Waals surface area contributed by atoms with E-state index < -0.39 is 24.3 Å². The lowest BCUT2D eigenvalue weighted by molar-refractivity contribution is -0.192. The first-order chi connectivity index (χ1) is 22.2. The van der Waals surface area contributed by atoms with Crippen molar-refractivity contribution in [3.8, 4) is 11.5 Å².